The van der Waals surface area contributed by atoms with Gasteiger partial charge in [0.2, 0.25) is 0 Å². The third-order valence-electron chi connectivity index (χ3n) is 4.90. The molecule has 4 rings (SSSR count). The maximum absolute atomic E-state index is 14.1. The molecule has 9 heteroatoms. The van der Waals surface area contributed by atoms with Crippen molar-refractivity contribution in [2.24, 2.45) is 0 Å². The average molecular weight is 491 g/mol. The fourth-order valence-corrected chi connectivity index (χ4v) is 5.08. The summed E-state index contributed by atoms with van der Waals surface area (Å²) in [4.78, 5) is 1.90. The lowest BCUT2D eigenvalue weighted by atomic mass is 10.1. The van der Waals surface area contributed by atoms with E-state index in [1.807, 2.05) is 18.2 Å². The summed E-state index contributed by atoms with van der Waals surface area (Å²) in [5.74, 6) is -0.570. The van der Waals surface area contributed by atoms with Gasteiger partial charge in [-0.1, -0.05) is 29.8 Å². The van der Waals surface area contributed by atoms with Gasteiger partial charge in [0.25, 0.3) is 0 Å². The topological polar surface area (TPSA) is 72.2 Å². The summed E-state index contributed by atoms with van der Waals surface area (Å²) in [5, 5.41) is 14.9. The molecule has 5 nitrogen and oxygen atoms in total. The molecule has 0 aliphatic carbocycles. The van der Waals surface area contributed by atoms with E-state index in [4.69, 9.17) is 11.6 Å². The van der Waals surface area contributed by atoms with Crippen molar-refractivity contribution < 1.29 is 17.9 Å². The number of aliphatic hydroxyl groups is 1. The van der Waals surface area contributed by atoms with E-state index in [0.29, 0.717) is 17.1 Å². The number of halogens is 2. The third-order valence-corrected chi connectivity index (χ3v) is 7.54. The van der Waals surface area contributed by atoms with E-state index in [2.05, 4.69) is 5.10 Å². The predicted octanol–water partition coefficient (Wildman–Crippen LogP) is 5.69. The first-order valence-corrected chi connectivity index (χ1v) is 12.7. The Hall–Kier alpha value is -2.52. The molecule has 2 aromatic heterocycles. The Balaban J connectivity index is 1.86. The van der Waals surface area contributed by atoms with E-state index < -0.39 is 21.3 Å². The second-order valence-electron chi connectivity index (χ2n) is 7.92. The van der Waals surface area contributed by atoms with Gasteiger partial charge in [-0.15, -0.1) is 11.3 Å². The Labute approximate surface area is 194 Å². The lowest BCUT2D eigenvalue weighted by Crippen LogP contribution is -2.16. The third kappa shape index (κ3) is 4.36. The summed E-state index contributed by atoms with van der Waals surface area (Å²) in [6, 6.07) is 16.7. The van der Waals surface area contributed by atoms with Crippen molar-refractivity contribution in [1.29, 1.82) is 0 Å². The number of sulfone groups is 1. The summed E-state index contributed by atoms with van der Waals surface area (Å²) in [5.41, 5.74) is 0.934. The van der Waals surface area contributed by atoms with Gasteiger partial charge in [-0.05, 0) is 61.9 Å². The Morgan fingerprint density at radius 3 is 2.44 bits per heavy atom. The molecule has 0 saturated carbocycles. The highest BCUT2D eigenvalue weighted by molar-refractivity contribution is 7.90. The molecule has 0 atom stereocenters. The van der Waals surface area contributed by atoms with Gasteiger partial charge >= 0.3 is 0 Å². The Kier molecular flexibility index (Phi) is 5.75. The van der Waals surface area contributed by atoms with Crippen molar-refractivity contribution in [3.05, 3.63) is 77.2 Å². The van der Waals surface area contributed by atoms with Crippen LogP contribution in [0.1, 0.15) is 19.5 Å². The average Bonchev–Trinajstić information content (AvgIpc) is 3.36. The van der Waals surface area contributed by atoms with Gasteiger partial charge in [0.05, 0.1) is 26.8 Å². The monoisotopic (exact) mass is 490 g/mol. The van der Waals surface area contributed by atoms with Crippen LogP contribution in [-0.4, -0.2) is 29.6 Å². The number of hydrogen-bond acceptors (Lipinski definition) is 5. The molecule has 0 saturated heterocycles. The molecule has 2 heterocycles. The number of thiophene rings is 1. The van der Waals surface area contributed by atoms with Crippen LogP contribution in [0.5, 0.6) is 0 Å². The molecule has 32 heavy (non-hydrogen) atoms. The van der Waals surface area contributed by atoms with Gasteiger partial charge < -0.3 is 5.11 Å². The minimum atomic E-state index is -3.33. The zero-order chi connectivity index (χ0) is 23.3. The van der Waals surface area contributed by atoms with E-state index in [9.17, 15) is 17.9 Å². The van der Waals surface area contributed by atoms with E-state index in [-0.39, 0.29) is 9.92 Å². The van der Waals surface area contributed by atoms with Crippen molar-refractivity contribution in [2.75, 3.05) is 6.26 Å². The van der Waals surface area contributed by atoms with E-state index >= 15 is 0 Å². The molecule has 4 aromatic rings. The summed E-state index contributed by atoms with van der Waals surface area (Å²) in [7, 11) is -3.33. The lowest BCUT2D eigenvalue weighted by Gasteiger charge is -2.13. The maximum Gasteiger partial charge on any atom is 0.175 e. The van der Waals surface area contributed by atoms with Gasteiger partial charge in [0, 0.05) is 11.1 Å². The van der Waals surface area contributed by atoms with Gasteiger partial charge in [0.15, 0.2) is 9.84 Å². The maximum atomic E-state index is 14.1. The molecule has 0 radical (unpaired) electrons. The number of nitrogens with zero attached hydrogens (tertiary/aromatic N) is 2. The Morgan fingerprint density at radius 1 is 1.06 bits per heavy atom. The quantitative estimate of drug-likeness (QED) is 0.390. The van der Waals surface area contributed by atoms with Gasteiger partial charge in [0.1, 0.15) is 16.4 Å². The van der Waals surface area contributed by atoms with Crippen LogP contribution in [0.4, 0.5) is 4.39 Å². The van der Waals surface area contributed by atoms with Crippen molar-refractivity contribution in [2.45, 2.75) is 24.3 Å². The van der Waals surface area contributed by atoms with Gasteiger partial charge in [-0.25, -0.2) is 17.5 Å². The number of aromatic nitrogens is 2. The van der Waals surface area contributed by atoms with Crippen LogP contribution < -0.4 is 0 Å². The molecule has 0 bridgehead atoms. The van der Waals surface area contributed by atoms with Crippen LogP contribution in [0.2, 0.25) is 5.02 Å². The highest BCUT2D eigenvalue weighted by Crippen LogP contribution is 2.38. The van der Waals surface area contributed by atoms with Gasteiger partial charge in [-0.3, -0.25) is 0 Å². The fourth-order valence-electron chi connectivity index (χ4n) is 3.21. The SMILES string of the molecule is CC(C)(O)c1cc(-c2ccc(-c3cccc(S(C)(=O)=O)c3)s2)n(-c2cccc(F)c2Cl)n1. The van der Waals surface area contributed by atoms with Crippen LogP contribution in [0.15, 0.2) is 65.6 Å². The van der Waals surface area contributed by atoms with Crippen molar-refractivity contribution >= 4 is 32.8 Å². The first kappa shape index (κ1) is 22.7. The smallest absolute Gasteiger partial charge is 0.175 e. The van der Waals surface area contributed by atoms with Gasteiger partial charge in [-0.2, -0.15) is 5.10 Å². The Morgan fingerprint density at radius 2 is 1.75 bits per heavy atom. The standard InChI is InChI=1S/C23H20ClFN2O3S2/c1-23(2,28)21-13-18(27(26-21)17-9-5-8-16(25)22(17)24)20-11-10-19(31-20)14-6-4-7-15(12-14)32(3,29)30/h4-13,28H,1-3H3. The van der Waals surface area contributed by atoms with Crippen LogP contribution in [0.25, 0.3) is 26.7 Å². The Bertz CT molecular complexity index is 1420. The lowest BCUT2D eigenvalue weighted by molar-refractivity contribution is 0.0734. The summed E-state index contributed by atoms with van der Waals surface area (Å²) < 4.78 is 39.5. The second-order valence-corrected chi connectivity index (χ2v) is 11.4. The minimum absolute atomic E-state index is 0.0724. The number of hydrogen-bond donors (Lipinski definition) is 1. The predicted molar refractivity (Wildman–Crippen MR) is 126 cm³/mol. The zero-order valence-corrected chi connectivity index (χ0v) is 19.9. The molecule has 0 aliphatic heterocycles. The van der Waals surface area contributed by atoms with Crippen LogP contribution in [-0.2, 0) is 15.4 Å². The normalized spacial score (nSPS) is 12.3. The summed E-state index contributed by atoms with van der Waals surface area (Å²) >= 11 is 7.65. The summed E-state index contributed by atoms with van der Waals surface area (Å²) in [6.07, 6.45) is 1.17. The molecule has 2 aromatic carbocycles. The summed E-state index contributed by atoms with van der Waals surface area (Å²) in [6.45, 7) is 3.24. The van der Waals surface area contributed by atoms with Crippen LogP contribution >= 0.6 is 22.9 Å². The number of benzene rings is 2. The highest BCUT2D eigenvalue weighted by Gasteiger charge is 2.25. The molecular weight excluding hydrogens is 471 g/mol. The van der Waals surface area contributed by atoms with E-state index in [1.54, 1.807) is 50.2 Å². The molecular formula is C23H20ClFN2O3S2. The van der Waals surface area contributed by atoms with E-state index in [0.717, 1.165) is 15.3 Å². The van der Waals surface area contributed by atoms with Crippen molar-refractivity contribution in [3.8, 4) is 26.7 Å². The minimum Gasteiger partial charge on any atom is -0.384 e. The van der Waals surface area contributed by atoms with Crippen LogP contribution in [0, 0.1) is 5.82 Å². The molecule has 0 aliphatic rings. The van der Waals surface area contributed by atoms with Crippen LogP contribution in [0.3, 0.4) is 0 Å². The molecule has 0 fully saturated rings. The molecule has 1 N–H and O–H groups in total. The first-order valence-electron chi connectivity index (χ1n) is 9.63. The largest absolute Gasteiger partial charge is 0.384 e. The van der Waals surface area contributed by atoms with E-state index in [1.165, 1.54) is 28.3 Å². The molecule has 0 unspecified atom stereocenters. The second kappa shape index (κ2) is 8.12. The van der Waals surface area contributed by atoms with Crippen molar-refractivity contribution in [3.63, 3.8) is 0 Å². The highest BCUT2D eigenvalue weighted by atomic mass is 35.5. The molecule has 166 valence electrons. The first-order chi connectivity index (χ1) is 14.9. The zero-order valence-electron chi connectivity index (χ0n) is 17.5. The molecule has 0 amide bonds. The van der Waals surface area contributed by atoms with Crippen molar-refractivity contribution in [1.82, 2.24) is 9.78 Å². The fraction of sp³-hybridized carbons (Fsp3) is 0.174. The number of rotatable bonds is 5. The molecule has 0 spiro atoms.